The standard InChI is InChI=1S/C20H29Cl2N3O/c21-17-7-8-19(18(22)13-17)23-20(26)15-25-10-4-9-24(11-12-25)14-16-5-2-1-3-6-16/h7-8,13,16H,1-6,9-12,14-15H2,(H,23,26). The zero-order valence-electron chi connectivity index (χ0n) is 15.4. The van der Waals surface area contributed by atoms with Gasteiger partial charge in [0.2, 0.25) is 5.91 Å². The lowest BCUT2D eigenvalue weighted by atomic mass is 9.89. The SMILES string of the molecule is O=C(CN1CCCN(CC2CCCCC2)CC1)Nc1ccc(Cl)cc1Cl. The van der Waals surface area contributed by atoms with Crippen molar-refractivity contribution in [2.75, 3.05) is 44.6 Å². The number of amides is 1. The lowest BCUT2D eigenvalue weighted by Crippen LogP contribution is -2.37. The first-order chi connectivity index (χ1) is 12.6. The fourth-order valence-corrected chi connectivity index (χ4v) is 4.54. The van der Waals surface area contributed by atoms with Crippen LogP contribution in [0.3, 0.4) is 0 Å². The van der Waals surface area contributed by atoms with Crippen LogP contribution in [0, 0.1) is 5.92 Å². The topological polar surface area (TPSA) is 35.6 Å². The number of hydrogen-bond donors (Lipinski definition) is 1. The molecular formula is C20H29Cl2N3O. The lowest BCUT2D eigenvalue weighted by Gasteiger charge is -2.28. The molecule has 0 aromatic heterocycles. The molecule has 1 saturated heterocycles. The molecule has 2 aliphatic rings. The van der Waals surface area contributed by atoms with Crippen LogP contribution >= 0.6 is 23.2 Å². The number of anilines is 1. The third-order valence-corrected chi connectivity index (χ3v) is 6.04. The van der Waals surface area contributed by atoms with Crippen LogP contribution in [-0.2, 0) is 4.79 Å². The largest absolute Gasteiger partial charge is 0.324 e. The molecule has 3 rings (SSSR count). The molecule has 4 nitrogen and oxygen atoms in total. The Morgan fingerprint density at radius 2 is 1.73 bits per heavy atom. The minimum absolute atomic E-state index is 0.0186. The number of benzene rings is 1. The maximum atomic E-state index is 12.4. The summed E-state index contributed by atoms with van der Waals surface area (Å²) >= 11 is 12.0. The molecule has 0 bridgehead atoms. The van der Waals surface area contributed by atoms with Gasteiger partial charge in [0.15, 0.2) is 0 Å². The zero-order valence-corrected chi connectivity index (χ0v) is 16.9. The van der Waals surface area contributed by atoms with Crippen LogP contribution in [0.15, 0.2) is 18.2 Å². The van der Waals surface area contributed by atoms with Crippen LogP contribution in [-0.4, -0.2) is 55.0 Å². The molecule has 0 unspecified atom stereocenters. The number of carbonyl (C=O) groups is 1. The quantitative estimate of drug-likeness (QED) is 0.792. The van der Waals surface area contributed by atoms with Gasteiger partial charge in [0.25, 0.3) is 0 Å². The highest BCUT2D eigenvalue weighted by Crippen LogP contribution is 2.26. The molecule has 6 heteroatoms. The summed E-state index contributed by atoms with van der Waals surface area (Å²) in [6.07, 6.45) is 8.13. The number of carbonyl (C=O) groups excluding carboxylic acids is 1. The van der Waals surface area contributed by atoms with Crippen LogP contribution in [0.2, 0.25) is 10.0 Å². The Bertz CT molecular complexity index is 605. The van der Waals surface area contributed by atoms with Gasteiger partial charge in [-0.2, -0.15) is 0 Å². The summed E-state index contributed by atoms with van der Waals surface area (Å²) in [7, 11) is 0. The minimum atomic E-state index is -0.0186. The van der Waals surface area contributed by atoms with E-state index in [0.29, 0.717) is 22.3 Å². The second kappa shape index (κ2) is 9.93. The van der Waals surface area contributed by atoms with E-state index in [1.807, 2.05) is 0 Å². The van der Waals surface area contributed by atoms with E-state index in [-0.39, 0.29) is 5.91 Å². The van der Waals surface area contributed by atoms with Gasteiger partial charge in [-0.05, 0) is 56.5 Å². The van der Waals surface area contributed by atoms with E-state index in [4.69, 9.17) is 23.2 Å². The maximum absolute atomic E-state index is 12.4. The molecular weight excluding hydrogens is 369 g/mol. The van der Waals surface area contributed by atoms with Gasteiger partial charge < -0.3 is 10.2 Å². The molecule has 1 amide bonds. The van der Waals surface area contributed by atoms with E-state index in [9.17, 15) is 4.79 Å². The summed E-state index contributed by atoms with van der Waals surface area (Å²) in [4.78, 5) is 17.2. The van der Waals surface area contributed by atoms with Crippen molar-refractivity contribution in [3.63, 3.8) is 0 Å². The Hall–Kier alpha value is -0.810. The summed E-state index contributed by atoms with van der Waals surface area (Å²) in [5.41, 5.74) is 0.620. The normalized spacial score (nSPS) is 20.7. The highest BCUT2D eigenvalue weighted by molar-refractivity contribution is 6.36. The molecule has 2 fully saturated rings. The number of rotatable bonds is 5. The van der Waals surface area contributed by atoms with E-state index in [1.165, 1.54) is 38.6 Å². The molecule has 0 radical (unpaired) electrons. The van der Waals surface area contributed by atoms with Gasteiger partial charge in [-0.1, -0.05) is 42.5 Å². The molecule has 1 aliphatic heterocycles. The van der Waals surface area contributed by atoms with Crippen LogP contribution in [0.4, 0.5) is 5.69 Å². The molecule has 1 N–H and O–H groups in total. The van der Waals surface area contributed by atoms with Crippen molar-refractivity contribution in [3.8, 4) is 0 Å². The number of hydrogen-bond acceptors (Lipinski definition) is 3. The summed E-state index contributed by atoms with van der Waals surface area (Å²) < 4.78 is 0. The van der Waals surface area contributed by atoms with Crippen molar-refractivity contribution < 1.29 is 4.79 Å². The van der Waals surface area contributed by atoms with Crippen LogP contribution in [0.1, 0.15) is 38.5 Å². The van der Waals surface area contributed by atoms with E-state index in [1.54, 1.807) is 18.2 Å². The fourth-order valence-electron chi connectivity index (χ4n) is 4.08. The van der Waals surface area contributed by atoms with Gasteiger partial charge >= 0.3 is 0 Å². The van der Waals surface area contributed by atoms with Gasteiger partial charge in [-0.3, -0.25) is 9.69 Å². The van der Waals surface area contributed by atoms with Crippen molar-refractivity contribution in [1.82, 2.24) is 9.80 Å². The van der Waals surface area contributed by atoms with Crippen molar-refractivity contribution in [2.24, 2.45) is 5.92 Å². The predicted molar refractivity (Wildman–Crippen MR) is 109 cm³/mol. The predicted octanol–water partition coefficient (Wildman–Crippen LogP) is 4.52. The second-order valence-corrected chi connectivity index (χ2v) is 8.45. The Balaban J connectivity index is 1.44. The fraction of sp³-hybridized carbons (Fsp3) is 0.650. The van der Waals surface area contributed by atoms with Crippen LogP contribution in [0.25, 0.3) is 0 Å². The Morgan fingerprint density at radius 1 is 1.00 bits per heavy atom. The first kappa shape index (κ1) is 19.9. The third kappa shape index (κ3) is 6.12. The maximum Gasteiger partial charge on any atom is 0.238 e. The molecule has 144 valence electrons. The zero-order chi connectivity index (χ0) is 18.4. The molecule has 1 saturated carbocycles. The number of nitrogens with one attached hydrogen (secondary N) is 1. The molecule has 1 aromatic rings. The Kier molecular flexibility index (Phi) is 7.62. The molecule has 26 heavy (non-hydrogen) atoms. The highest BCUT2D eigenvalue weighted by atomic mass is 35.5. The van der Waals surface area contributed by atoms with Crippen LogP contribution < -0.4 is 5.32 Å². The average molecular weight is 398 g/mol. The van der Waals surface area contributed by atoms with E-state index in [2.05, 4.69) is 15.1 Å². The summed E-state index contributed by atoms with van der Waals surface area (Å²) in [6, 6.07) is 5.13. The lowest BCUT2D eigenvalue weighted by molar-refractivity contribution is -0.117. The summed E-state index contributed by atoms with van der Waals surface area (Å²) in [5, 5.41) is 3.94. The molecule has 0 atom stereocenters. The molecule has 0 spiro atoms. The van der Waals surface area contributed by atoms with Crippen molar-refractivity contribution in [2.45, 2.75) is 38.5 Å². The van der Waals surface area contributed by atoms with Gasteiger partial charge in [0, 0.05) is 24.7 Å². The van der Waals surface area contributed by atoms with E-state index >= 15 is 0 Å². The third-order valence-electron chi connectivity index (χ3n) is 5.49. The van der Waals surface area contributed by atoms with E-state index < -0.39 is 0 Å². The van der Waals surface area contributed by atoms with Gasteiger partial charge in [-0.25, -0.2) is 0 Å². The molecule has 1 aromatic carbocycles. The van der Waals surface area contributed by atoms with Gasteiger partial charge in [-0.15, -0.1) is 0 Å². The van der Waals surface area contributed by atoms with Crippen molar-refractivity contribution in [3.05, 3.63) is 28.2 Å². The Labute approximate surface area is 166 Å². The summed E-state index contributed by atoms with van der Waals surface area (Å²) in [6.45, 7) is 5.79. The first-order valence-electron chi connectivity index (χ1n) is 9.80. The van der Waals surface area contributed by atoms with Crippen LogP contribution in [0.5, 0.6) is 0 Å². The molecule has 1 heterocycles. The minimum Gasteiger partial charge on any atom is -0.324 e. The average Bonchev–Trinajstić information content (AvgIpc) is 2.84. The molecule has 1 aliphatic carbocycles. The number of halogens is 2. The van der Waals surface area contributed by atoms with E-state index in [0.717, 1.165) is 38.5 Å². The first-order valence-corrected chi connectivity index (χ1v) is 10.6. The van der Waals surface area contributed by atoms with Crippen molar-refractivity contribution >= 4 is 34.8 Å². The van der Waals surface area contributed by atoms with Gasteiger partial charge in [0.05, 0.1) is 17.3 Å². The van der Waals surface area contributed by atoms with Crippen molar-refractivity contribution in [1.29, 1.82) is 0 Å². The smallest absolute Gasteiger partial charge is 0.238 e. The monoisotopic (exact) mass is 397 g/mol. The Morgan fingerprint density at radius 3 is 2.50 bits per heavy atom. The summed E-state index contributed by atoms with van der Waals surface area (Å²) in [5.74, 6) is 0.862. The number of nitrogens with zero attached hydrogens (tertiary/aromatic N) is 2. The van der Waals surface area contributed by atoms with Gasteiger partial charge in [0.1, 0.15) is 0 Å². The second-order valence-electron chi connectivity index (χ2n) is 7.61. The highest BCUT2D eigenvalue weighted by Gasteiger charge is 2.21.